The Bertz CT molecular complexity index is 1180. The van der Waals surface area contributed by atoms with Crippen molar-refractivity contribution in [2.24, 2.45) is 0 Å². The Kier molecular flexibility index (Phi) is 4.51. The minimum absolute atomic E-state index is 0.0674. The molecule has 2 saturated heterocycles. The quantitative estimate of drug-likeness (QED) is 0.634. The molecule has 2 aromatic carbocycles. The molecule has 3 heterocycles. The number of aromatic nitrogens is 2. The molecule has 7 nitrogen and oxygen atoms in total. The molecule has 2 amide bonds. The SMILES string of the molecule is O=C1C[C@H]([NH+]2CCC(n3c(=O)[nH]c4ccccc43)CC2)C(=O)N1c1ccc(F)cc1. The number of halogens is 1. The summed E-state index contributed by atoms with van der Waals surface area (Å²) in [5, 5.41) is 0. The fraction of sp³-hybridized carbons (Fsp3) is 0.318. The van der Waals surface area contributed by atoms with Gasteiger partial charge in [0, 0.05) is 18.9 Å². The highest BCUT2D eigenvalue weighted by molar-refractivity contribution is 6.21. The molecule has 0 radical (unpaired) electrons. The van der Waals surface area contributed by atoms with Crippen molar-refractivity contribution in [3.8, 4) is 0 Å². The summed E-state index contributed by atoms with van der Waals surface area (Å²) in [7, 11) is 0. The topological polar surface area (TPSA) is 79.6 Å². The molecule has 0 bridgehead atoms. The standard InChI is InChI=1S/C22H21FN4O3/c23-14-5-7-15(8-6-14)27-20(28)13-19(21(27)29)25-11-9-16(10-12-25)26-18-4-2-1-3-17(18)24-22(26)30/h1-8,16,19H,9-13H2,(H,24,30)/p+1/t19-/m0/s1. The third-order valence-electron chi connectivity index (χ3n) is 6.31. The molecule has 2 fully saturated rings. The molecular formula is C22H22FN4O3+. The molecule has 5 rings (SSSR count). The minimum Gasteiger partial charge on any atom is -0.324 e. The number of hydrogen-bond donors (Lipinski definition) is 2. The molecule has 2 aliphatic rings. The van der Waals surface area contributed by atoms with Crippen molar-refractivity contribution < 1.29 is 18.9 Å². The number of imide groups is 1. The van der Waals surface area contributed by atoms with E-state index < -0.39 is 11.9 Å². The summed E-state index contributed by atoms with van der Waals surface area (Å²) in [5.74, 6) is -0.891. The van der Waals surface area contributed by atoms with Crippen molar-refractivity contribution >= 4 is 28.5 Å². The van der Waals surface area contributed by atoms with Crippen molar-refractivity contribution in [2.45, 2.75) is 31.3 Å². The average Bonchev–Trinajstić information content (AvgIpc) is 3.24. The van der Waals surface area contributed by atoms with Crippen LogP contribution < -0.4 is 15.5 Å². The number of quaternary nitrogens is 1. The van der Waals surface area contributed by atoms with E-state index in [4.69, 9.17) is 0 Å². The molecule has 30 heavy (non-hydrogen) atoms. The molecule has 0 aliphatic carbocycles. The van der Waals surface area contributed by atoms with Gasteiger partial charge in [-0.05, 0) is 36.4 Å². The Balaban J connectivity index is 1.31. The van der Waals surface area contributed by atoms with Crippen LogP contribution in [0.3, 0.4) is 0 Å². The first-order valence-corrected chi connectivity index (χ1v) is 10.2. The average molecular weight is 409 g/mol. The van der Waals surface area contributed by atoms with Gasteiger partial charge in [0.15, 0.2) is 6.04 Å². The summed E-state index contributed by atoms with van der Waals surface area (Å²) in [5.41, 5.74) is 2.02. The number of para-hydroxylation sites is 2. The fourth-order valence-electron chi connectivity index (χ4n) is 4.83. The van der Waals surface area contributed by atoms with Gasteiger partial charge >= 0.3 is 5.69 Å². The highest BCUT2D eigenvalue weighted by atomic mass is 19.1. The second-order valence-electron chi connectivity index (χ2n) is 8.01. The number of likely N-dealkylation sites (tertiary alicyclic amines) is 1. The van der Waals surface area contributed by atoms with E-state index in [0.717, 1.165) is 28.8 Å². The number of anilines is 1. The van der Waals surface area contributed by atoms with Crippen molar-refractivity contribution in [1.29, 1.82) is 0 Å². The van der Waals surface area contributed by atoms with E-state index in [2.05, 4.69) is 4.98 Å². The highest BCUT2D eigenvalue weighted by Gasteiger charge is 2.46. The molecule has 0 unspecified atom stereocenters. The van der Waals surface area contributed by atoms with E-state index in [9.17, 15) is 18.8 Å². The molecule has 1 atom stereocenters. The third-order valence-corrected chi connectivity index (χ3v) is 6.31. The number of imidazole rings is 1. The second kappa shape index (κ2) is 7.21. The normalized spacial score (nSPS) is 24.7. The van der Waals surface area contributed by atoms with E-state index in [-0.39, 0.29) is 30.0 Å². The van der Waals surface area contributed by atoms with Crippen molar-refractivity contribution in [3.05, 3.63) is 64.8 Å². The molecular weight excluding hydrogens is 387 g/mol. The number of amides is 2. The number of benzene rings is 2. The largest absolute Gasteiger partial charge is 0.326 e. The van der Waals surface area contributed by atoms with Crippen LogP contribution in [0, 0.1) is 5.82 Å². The molecule has 8 heteroatoms. The molecule has 154 valence electrons. The number of nitrogens with one attached hydrogen (secondary N) is 2. The van der Waals surface area contributed by atoms with Crippen molar-refractivity contribution in [3.63, 3.8) is 0 Å². The molecule has 0 saturated carbocycles. The predicted octanol–water partition coefficient (Wildman–Crippen LogP) is 1.02. The van der Waals surface area contributed by atoms with Gasteiger partial charge in [0.1, 0.15) is 5.82 Å². The van der Waals surface area contributed by atoms with Gasteiger partial charge in [-0.15, -0.1) is 0 Å². The molecule has 1 aromatic heterocycles. The van der Waals surface area contributed by atoms with Gasteiger partial charge in [-0.3, -0.25) is 14.2 Å². The van der Waals surface area contributed by atoms with Gasteiger partial charge in [0.05, 0.1) is 36.2 Å². The Morgan fingerprint density at radius 3 is 2.40 bits per heavy atom. The smallest absolute Gasteiger partial charge is 0.324 e. The van der Waals surface area contributed by atoms with E-state index in [1.807, 2.05) is 28.8 Å². The maximum absolute atomic E-state index is 13.2. The Labute approximate surface area is 171 Å². The monoisotopic (exact) mass is 409 g/mol. The number of aromatic amines is 1. The van der Waals surface area contributed by atoms with Crippen LogP contribution in [0.5, 0.6) is 0 Å². The lowest BCUT2D eigenvalue weighted by Gasteiger charge is -2.32. The highest BCUT2D eigenvalue weighted by Crippen LogP contribution is 2.24. The van der Waals surface area contributed by atoms with Gasteiger partial charge in [-0.2, -0.15) is 0 Å². The second-order valence-corrected chi connectivity index (χ2v) is 8.01. The number of piperidine rings is 1. The van der Waals surface area contributed by atoms with E-state index in [0.29, 0.717) is 18.8 Å². The lowest BCUT2D eigenvalue weighted by molar-refractivity contribution is -0.920. The first-order valence-electron chi connectivity index (χ1n) is 10.2. The molecule has 3 aromatic rings. The number of H-pyrrole nitrogens is 1. The zero-order chi connectivity index (χ0) is 20.8. The number of carbonyl (C=O) groups is 2. The summed E-state index contributed by atoms with van der Waals surface area (Å²) < 4.78 is 15.0. The van der Waals surface area contributed by atoms with Crippen LogP contribution in [0.15, 0.2) is 53.3 Å². The summed E-state index contributed by atoms with van der Waals surface area (Å²) in [6.07, 6.45) is 1.67. The minimum atomic E-state index is -0.428. The molecule has 2 N–H and O–H groups in total. The maximum Gasteiger partial charge on any atom is 0.326 e. The summed E-state index contributed by atoms with van der Waals surface area (Å²) in [4.78, 5) is 43.1. The lowest BCUT2D eigenvalue weighted by Crippen LogP contribution is -3.17. The number of fused-ring (bicyclic) bond motifs is 1. The van der Waals surface area contributed by atoms with E-state index in [1.54, 1.807) is 0 Å². The van der Waals surface area contributed by atoms with E-state index >= 15 is 0 Å². The van der Waals surface area contributed by atoms with Crippen LogP contribution in [-0.2, 0) is 9.59 Å². The van der Waals surface area contributed by atoms with Crippen LogP contribution >= 0.6 is 0 Å². The molecule has 2 aliphatic heterocycles. The Morgan fingerprint density at radius 2 is 1.67 bits per heavy atom. The Morgan fingerprint density at radius 1 is 0.967 bits per heavy atom. The van der Waals surface area contributed by atoms with Crippen LogP contribution in [0.2, 0.25) is 0 Å². The third kappa shape index (κ3) is 3.04. The van der Waals surface area contributed by atoms with Crippen molar-refractivity contribution in [1.82, 2.24) is 9.55 Å². The van der Waals surface area contributed by atoms with Crippen molar-refractivity contribution in [2.75, 3.05) is 18.0 Å². The predicted molar refractivity (Wildman–Crippen MR) is 109 cm³/mol. The van der Waals surface area contributed by atoms with Gasteiger partial charge < -0.3 is 9.88 Å². The van der Waals surface area contributed by atoms with Gasteiger partial charge in [-0.25, -0.2) is 14.1 Å². The molecule has 0 spiro atoms. The summed E-state index contributed by atoms with van der Waals surface area (Å²) >= 11 is 0. The number of carbonyl (C=O) groups excluding carboxylic acids is 2. The summed E-state index contributed by atoms with van der Waals surface area (Å²) in [6.45, 7) is 1.41. The lowest BCUT2D eigenvalue weighted by atomic mass is 10.0. The number of rotatable bonds is 3. The first kappa shape index (κ1) is 18.7. The van der Waals surface area contributed by atoms with Crippen LogP contribution in [0.1, 0.15) is 25.3 Å². The number of hydrogen-bond acceptors (Lipinski definition) is 3. The fourth-order valence-corrected chi connectivity index (χ4v) is 4.83. The van der Waals surface area contributed by atoms with Crippen LogP contribution in [0.4, 0.5) is 10.1 Å². The summed E-state index contributed by atoms with van der Waals surface area (Å²) in [6, 6.07) is 12.7. The zero-order valence-electron chi connectivity index (χ0n) is 16.3. The van der Waals surface area contributed by atoms with Crippen LogP contribution in [0.25, 0.3) is 11.0 Å². The zero-order valence-corrected chi connectivity index (χ0v) is 16.3. The number of nitrogens with zero attached hydrogens (tertiary/aromatic N) is 2. The van der Waals surface area contributed by atoms with Crippen LogP contribution in [-0.4, -0.2) is 40.5 Å². The van der Waals surface area contributed by atoms with Gasteiger partial charge in [0.25, 0.3) is 5.91 Å². The van der Waals surface area contributed by atoms with Gasteiger partial charge in [-0.1, -0.05) is 12.1 Å². The maximum atomic E-state index is 13.2. The Hall–Kier alpha value is -3.26. The van der Waals surface area contributed by atoms with Gasteiger partial charge in [0.2, 0.25) is 5.91 Å². The first-order chi connectivity index (χ1) is 14.5. The van der Waals surface area contributed by atoms with E-state index in [1.165, 1.54) is 29.2 Å².